The summed E-state index contributed by atoms with van der Waals surface area (Å²) in [7, 11) is 0. The maximum Gasteiger partial charge on any atom is 0.306 e. The molecule has 3 amide bonds. The Hall–Kier alpha value is -6.35. The average Bonchev–Trinajstić information content (AvgIpc) is 0.926. The zero-order valence-electron chi connectivity index (χ0n) is 60.2. The molecular formula is C73H126N6O20. The Balaban J connectivity index is 0.00000248. The van der Waals surface area contributed by atoms with Crippen LogP contribution in [-0.2, 0) is 82.9 Å². The van der Waals surface area contributed by atoms with Crippen molar-refractivity contribution in [2.45, 2.75) is 277 Å². The molecule has 26 heteroatoms. The predicted octanol–water partition coefficient (Wildman–Crippen LogP) is 10.1. The molecule has 1 aromatic heterocycles. The van der Waals surface area contributed by atoms with Crippen LogP contribution in [0.5, 0.6) is 0 Å². The van der Waals surface area contributed by atoms with Crippen LogP contribution in [0, 0.1) is 29.1 Å². The smallest absolute Gasteiger partial charge is 0.306 e. The maximum atomic E-state index is 13.3. The summed E-state index contributed by atoms with van der Waals surface area (Å²) in [4.78, 5) is 150. The molecule has 0 spiro atoms. The van der Waals surface area contributed by atoms with E-state index >= 15 is 0 Å². The number of aromatic amines is 1. The van der Waals surface area contributed by atoms with Crippen molar-refractivity contribution in [3.05, 3.63) is 18.2 Å². The van der Waals surface area contributed by atoms with Gasteiger partial charge in [-0.3, -0.25) is 52.7 Å². The third-order valence-corrected chi connectivity index (χ3v) is 17.8. The lowest BCUT2D eigenvalue weighted by Crippen LogP contribution is -2.49. The highest BCUT2D eigenvalue weighted by atomic mass is 16.5. The van der Waals surface area contributed by atoms with Crippen molar-refractivity contribution in [1.82, 2.24) is 25.9 Å². The van der Waals surface area contributed by atoms with E-state index in [4.69, 9.17) is 34.9 Å². The van der Waals surface area contributed by atoms with E-state index < -0.39 is 83.5 Å². The average molecular weight is 1410 g/mol. The molecular weight excluding hydrogens is 1280 g/mol. The molecule has 0 aliphatic heterocycles. The van der Waals surface area contributed by atoms with E-state index in [0.717, 1.165) is 50.4 Å². The molecule has 0 bridgehead atoms. The lowest BCUT2D eigenvalue weighted by molar-refractivity contribution is -0.145. The van der Waals surface area contributed by atoms with Gasteiger partial charge in [-0.25, -0.2) is 4.98 Å². The largest absolute Gasteiger partial charge is 0.481 e. The van der Waals surface area contributed by atoms with Gasteiger partial charge in [0.15, 0.2) is 17.3 Å². The number of ether oxygens (including phenoxy) is 4. The summed E-state index contributed by atoms with van der Waals surface area (Å²) < 4.78 is 21.3. The predicted molar refractivity (Wildman–Crippen MR) is 374 cm³/mol. The van der Waals surface area contributed by atoms with Crippen LogP contribution in [0.15, 0.2) is 12.5 Å². The van der Waals surface area contributed by atoms with Gasteiger partial charge in [0.2, 0.25) is 17.7 Å². The van der Waals surface area contributed by atoms with Crippen molar-refractivity contribution in [2.75, 3.05) is 65.9 Å². The minimum atomic E-state index is -1.32. The first kappa shape index (κ1) is 90.7. The highest BCUT2D eigenvalue weighted by Gasteiger charge is 2.36. The number of hydrogen-bond donors (Lipinski definition) is 9. The van der Waals surface area contributed by atoms with E-state index in [1.807, 2.05) is 0 Å². The summed E-state index contributed by atoms with van der Waals surface area (Å²) in [5, 5.41) is 44.6. The summed E-state index contributed by atoms with van der Waals surface area (Å²) in [6, 6.07) is -2.22. The molecule has 0 aromatic carbocycles. The fourth-order valence-electron chi connectivity index (χ4n) is 11.6. The minimum absolute atomic E-state index is 0. The lowest BCUT2D eigenvalue weighted by atomic mass is 9.80. The molecule has 1 saturated carbocycles. The summed E-state index contributed by atoms with van der Waals surface area (Å²) >= 11 is 0. The number of imidazole rings is 1. The summed E-state index contributed by atoms with van der Waals surface area (Å²) in [6.45, 7) is 7.70. The normalized spacial score (nSPS) is 14.9. The van der Waals surface area contributed by atoms with Crippen LogP contribution in [0.1, 0.15) is 266 Å². The van der Waals surface area contributed by atoms with Gasteiger partial charge in [-0.1, -0.05) is 149 Å². The van der Waals surface area contributed by atoms with E-state index in [1.54, 1.807) is 0 Å². The molecule has 0 saturated heterocycles. The third-order valence-electron chi connectivity index (χ3n) is 17.8. The van der Waals surface area contributed by atoms with Gasteiger partial charge in [-0.15, -0.1) is 0 Å². The molecule has 26 nitrogen and oxygen atoms in total. The fraction of sp³-hybridized carbons (Fsp3) is 0.795. The molecule has 1 heterocycles. The summed E-state index contributed by atoms with van der Waals surface area (Å²) in [5.41, 5.74) is 5.35. The van der Waals surface area contributed by atoms with Crippen LogP contribution < -0.4 is 21.7 Å². The Kier molecular flexibility index (Phi) is 52.5. The number of nitrogens with one attached hydrogen (secondary N) is 4. The summed E-state index contributed by atoms with van der Waals surface area (Å²) in [6.07, 6.45) is 32.1. The number of hydrogen-bond acceptors (Lipinski definition) is 18. The number of ketones is 5. The number of carbonyl (C=O) groups is 12. The second kappa shape index (κ2) is 57.3. The highest BCUT2D eigenvalue weighted by molar-refractivity contribution is 5.95. The number of carboxylic acid groups (broad SMARTS) is 4. The number of nitrogens with zero attached hydrogens (tertiary/aromatic N) is 1. The van der Waals surface area contributed by atoms with Gasteiger partial charge >= 0.3 is 23.9 Å². The first-order valence-corrected chi connectivity index (χ1v) is 36.6. The molecule has 1 fully saturated rings. The van der Waals surface area contributed by atoms with Crippen molar-refractivity contribution < 1.29 is 98.3 Å². The van der Waals surface area contributed by atoms with E-state index in [2.05, 4.69) is 32.8 Å². The van der Waals surface area contributed by atoms with E-state index in [-0.39, 0.29) is 142 Å². The number of Topliss-reactive ketones (excluding diaryl/α,β-unsaturated/α-hetero) is 5. The molecule has 99 heavy (non-hydrogen) atoms. The molecule has 1 aliphatic rings. The number of nitrogens with two attached hydrogens (primary N) is 1. The Bertz CT molecular complexity index is 2480. The van der Waals surface area contributed by atoms with Crippen molar-refractivity contribution in [3.63, 3.8) is 0 Å². The number of aliphatic carboxylic acids is 4. The van der Waals surface area contributed by atoms with Gasteiger partial charge < -0.3 is 70.8 Å². The maximum absolute atomic E-state index is 13.3. The first-order valence-electron chi connectivity index (χ1n) is 36.6. The summed E-state index contributed by atoms with van der Waals surface area (Å²) in [5.74, 6) is -6.86. The van der Waals surface area contributed by atoms with Crippen LogP contribution >= 0.6 is 0 Å². The van der Waals surface area contributed by atoms with E-state index in [1.165, 1.54) is 142 Å². The number of unbranched alkanes of at least 4 members (excludes halogenated alkanes) is 17. The topological polar surface area (TPSA) is 413 Å². The number of amides is 3. The van der Waals surface area contributed by atoms with Gasteiger partial charge in [0, 0.05) is 90.6 Å². The highest BCUT2D eigenvalue weighted by Crippen LogP contribution is 2.31. The Labute approximate surface area is 588 Å². The fourth-order valence-corrected chi connectivity index (χ4v) is 11.6. The zero-order valence-corrected chi connectivity index (χ0v) is 60.2. The van der Waals surface area contributed by atoms with E-state index in [9.17, 15) is 67.7 Å². The molecule has 0 unspecified atom stereocenters. The van der Waals surface area contributed by atoms with Crippen molar-refractivity contribution >= 4 is 70.5 Å². The van der Waals surface area contributed by atoms with Crippen LogP contribution in [0.4, 0.5) is 0 Å². The first-order chi connectivity index (χ1) is 47.3. The molecule has 2 rings (SSSR count). The van der Waals surface area contributed by atoms with Crippen LogP contribution in [-0.4, -0.2) is 179 Å². The third kappa shape index (κ3) is 51.5. The van der Waals surface area contributed by atoms with Crippen LogP contribution in [0.25, 0.3) is 0 Å². The van der Waals surface area contributed by atoms with Gasteiger partial charge in [-0.05, 0) is 63.7 Å². The SMILES string of the molecule is CC(=O)C[C@@H](CCC(=O)NCCOCCOCC(=O)NCCOCCOCC(=O)CCCCC[C@H](CC(=O)[C@H](CCC(=O)O)NC(=O)C(C)(C)CC(=O)[C@@H](N)Cc1cnc[nH]1)C(=O)O)C(=O)O.CC1CCC(CCC(=O)CCCCCCCCCCCCCCCCCCC(=O)O)CC1.[HH]. The number of H-pyrrole nitrogens is 1. The van der Waals surface area contributed by atoms with Gasteiger partial charge in [0.25, 0.3) is 0 Å². The molecule has 10 N–H and O–H groups in total. The molecule has 1 aliphatic carbocycles. The molecule has 1 aromatic rings. The van der Waals surface area contributed by atoms with Crippen molar-refractivity contribution in [1.29, 1.82) is 0 Å². The quantitative estimate of drug-likeness (QED) is 0.0274. The van der Waals surface area contributed by atoms with Crippen LogP contribution in [0.3, 0.4) is 0 Å². The van der Waals surface area contributed by atoms with Crippen LogP contribution in [0.2, 0.25) is 0 Å². The number of carboxylic acids is 4. The number of rotatable bonds is 64. The van der Waals surface area contributed by atoms with Crippen molar-refractivity contribution in [2.24, 2.45) is 34.8 Å². The molecule has 4 atom stereocenters. The van der Waals surface area contributed by atoms with Crippen molar-refractivity contribution in [3.8, 4) is 0 Å². The monoisotopic (exact) mass is 1410 g/mol. The molecule has 568 valence electrons. The Morgan fingerprint density at radius 3 is 1.56 bits per heavy atom. The van der Waals surface area contributed by atoms with Gasteiger partial charge in [0.1, 0.15) is 24.8 Å². The lowest BCUT2D eigenvalue weighted by Gasteiger charge is -2.27. The zero-order chi connectivity index (χ0) is 73.5. The number of aromatic nitrogens is 2. The Morgan fingerprint density at radius 1 is 0.556 bits per heavy atom. The second-order valence-corrected chi connectivity index (χ2v) is 27.5. The minimum Gasteiger partial charge on any atom is -0.481 e. The Morgan fingerprint density at radius 2 is 1.04 bits per heavy atom. The number of carbonyl (C=O) groups excluding carboxylic acids is 8. The second-order valence-electron chi connectivity index (χ2n) is 27.5. The van der Waals surface area contributed by atoms with Gasteiger partial charge in [-0.2, -0.15) is 0 Å². The van der Waals surface area contributed by atoms with Gasteiger partial charge in [0.05, 0.1) is 75.3 Å². The van der Waals surface area contributed by atoms with E-state index in [0.29, 0.717) is 37.2 Å². The molecule has 0 radical (unpaired) electrons. The standard InChI is InChI=1S/C44H70N6O17.C29H54O3.H2/c1-29(51)21-31(42(61)62)9-11-38(55)47-13-15-64-18-20-67-27-39(56)48-14-16-65-17-19-66-26-33(52)8-6-4-5-7-30(41(59)60)22-36(53)35(10-12-40(57)58)50-43(63)44(2,3)24-37(54)34(45)23-32-25-46-28-49-32;1-26-20-22-27(23-21-26)24-25-28(30)18-16-14-12-10-8-6-4-2-3-5-7-9-11-13-15-17-19-29(31)32;/h25,28,30-31,34-35H,4-24,26-27,45H2,1-3H3,(H,46,49)(H,47,55)(H,48,56)(H,50,63)(H,57,58)(H,59,60)(H,61,62);26-27H,2-25H2,1H3,(H,31,32);1H/t30-,31-,34+,35+;;/m1../s1.